The number of hydrogen-bond donors (Lipinski definition) is 2. The first-order chi connectivity index (χ1) is 24.2. The quantitative estimate of drug-likeness (QED) is 0.160. The number of fused-ring (bicyclic) bond motifs is 9. The van der Waals surface area contributed by atoms with Gasteiger partial charge in [0.25, 0.3) is 5.91 Å². The van der Waals surface area contributed by atoms with Crippen molar-refractivity contribution < 1.29 is 45.5 Å². The Hall–Kier alpha value is -4.57. The van der Waals surface area contributed by atoms with Gasteiger partial charge in [-0.2, -0.15) is 26.3 Å². The number of H-pyrrole nitrogens is 1. The van der Waals surface area contributed by atoms with Gasteiger partial charge in [-0.05, 0) is 60.6 Å². The minimum absolute atomic E-state index is 0.0696. The lowest BCUT2D eigenvalue weighted by Gasteiger charge is -2.43. The number of carbonyl (C=O) groups is 3. The third-order valence-corrected chi connectivity index (χ3v) is 12.8. The lowest BCUT2D eigenvalue weighted by Crippen LogP contribution is -2.42. The number of thiazole rings is 1. The van der Waals surface area contributed by atoms with Gasteiger partial charge in [0.15, 0.2) is 6.61 Å². The summed E-state index contributed by atoms with van der Waals surface area (Å²) >= 11 is 2.39. The molecule has 8 nitrogen and oxygen atoms in total. The molecular weight excluding hydrogens is 721 g/mol. The highest BCUT2D eigenvalue weighted by atomic mass is 32.2. The van der Waals surface area contributed by atoms with Gasteiger partial charge in [-0.15, -0.1) is 11.8 Å². The number of nitrogens with zero attached hydrogens (tertiary/aromatic N) is 1. The second kappa shape index (κ2) is 12.0. The number of nitrogens with one attached hydrogen (secondary N) is 2. The second-order valence-corrected chi connectivity index (χ2v) is 15.1. The summed E-state index contributed by atoms with van der Waals surface area (Å²) < 4.78 is 87.5. The summed E-state index contributed by atoms with van der Waals surface area (Å²) in [5.41, 5.74) is -1.98. The fraction of sp³-hybridized carbons (Fsp3) is 0.314. The average Bonchev–Trinajstić information content (AvgIpc) is 3.82. The third kappa shape index (κ3) is 5.53. The molecule has 16 heteroatoms. The molecule has 264 valence electrons. The Morgan fingerprint density at radius 1 is 0.882 bits per heavy atom. The van der Waals surface area contributed by atoms with Gasteiger partial charge in [0, 0.05) is 27.3 Å². The molecule has 3 aromatic carbocycles. The zero-order chi connectivity index (χ0) is 36.0. The van der Waals surface area contributed by atoms with Crippen molar-refractivity contribution in [2.45, 2.75) is 35.0 Å². The van der Waals surface area contributed by atoms with Crippen molar-refractivity contribution in [3.05, 3.63) is 104 Å². The van der Waals surface area contributed by atoms with Crippen molar-refractivity contribution in [1.29, 1.82) is 0 Å². The number of hydrogen-bond acceptors (Lipinski definition) is 7. The number of alkyl halides is 6. The summed E-state index contributed by atoms with van der Waals surface area (Å²) in [6.07, 6.45) is -8.91. The van der Waals surface area contributed by atoms with Crippen molar-refractivity contribution in [3.63, 3.8) is 0 Å². The summed E-state index contributed by atoms with van der Waals surface area (Å²) in [6.45, 7) is -0.559. The molecule has 4 aromatic rings. The van der Waals surface area contributed by atoms with E-state index in [0.717, 1.165) is 35.6 Å². The number of rotatable bonds is 6. The largest absolute Gasteiger partial charge is 0.483 e. The molecule has 7 atom stereocenters. The van der Waals surface area contributed by atoms with Crippen LogP contribution < -0.4 is 19.8 Å². The van der Waals surface area contributed by atoms with E-state index in [1.807, 2.05) is 0 Å². The van der Waals surface area contributed by atoms with E-state index in [1.54, 1.807) is 24.3 Å². The van der Waals surface area contributed by atoms with Gasteiger partial charge in [-0.3, -0.25) is 19.2 Å². The van der Waals surface area contributed by atoms with Crippen LogP contribution in [0.5, 0.6) is 5.75 Å². The van der Waals surface area contributed by atoms with Crippen molar-refractivity contribution in [2.75, 3.05) is 16.8 Å². The van der Waals surface area contributed by atoms with E-state index in [2.05, 4.69) is 10.3 Å². The highest BCUT2D eigenvalue weighted by Gasteiger charge is 2.70. The van der Waals surface area contributed by atoms with E-state index in [-0.39, 0.29) is 33.4 Å². The van der Waals surface area contributed by atoms with E-state index in [4.69, 9.17) is 4.74 Å². The molecule has 0 radical (unpaired) electrons. The zero-order valence-electron chi connectivity index (χ0n) is 26.0. The van der Waals surface area contributed by atoms with Crippen molar-refractivity contribution >= 4 is 52.2 Å². The number of amides is 3. The van der Waals surface area contributed by atoms with E-state index < -0.39 is 77.2 Å². The van der Waals surface area contributed by atoms with Crippen LogP contribution in [0.2, 0.25) is 0 Å². The van der Waals surface area contributed by atoms with Crippen LogP contribution in [-0.2, 0) is 26.7 Å². The van der Waals surface area contributed by atoms with Gasteiger partial charge in [-0.1, -0.05) is 47.7 Å². The molecule has 0 spiro atoms. The third-order valence-electron chi connectivity index (χ3n) is 10.3. The molecule has 1 aromatic heterocycles. The number of aromatic nitrogens is 1. The van der Waals surface area contributed by atoms with E-state index in [9.17, 15) is 45.5 Å². The molecule has 4 unspecified atom stereocenters. The molecule has 2 saturated carbocycles. The molecule has 2 aliphatic heterocycles. The minimum atomic E-state index is -4.79. The maximum absolute atomic E-state index is 14.1. The number of imide groups is 1. The van der Waals surface area contributed by atoms with E-state index in [0.29, 0.717) is 26.8 Å². The van der Waals surface area contributed by atoms with Crippen LogP contribution in [-0.4, -0.2) is 34.6 Å². The molecule has 1 saturated heterocycles. The zero-order valence-corrected chi connectivity index (χ0v) is 27.6. The topological polar surface area (TPSA) is 109 Å². The summed E-state index contributed by atoms with van der Waals surface area (Å²) in [4.78, 5) is 57.4. The van der Waals surface area contributed by atoms with Gasteiger partial charge >= 0.3 is 17.2 Å². The standard InChI is InChI=1S/C35H25F6N3O5S2/c36-34(37,38)15-6-5-7-16(12-15)42-23(45)14-49-22-11-4-1-8-17(22)24-25-18-13-19(28(25)50-30-29(24)51-33(48)43-30)27-26(18)31(46)44(32(27)47)21-10-3-2-9-20(21)35(39,40)41/h1-12,18-19,24-28H,13-14H2,(H,42,45)(H,43,48)/t18-,19-,24-,25?,26?,27?,28?/m1/s1. The van der Waals surface area contributed by atoms with Crippen molar-refractivity contribution in [3.8, 4) is 5.75 Å². The van der Waals surface area contributed by atoms with Crippen LogP contribution in [0.15, 0.2) is 82.6 Å². The molecule has 3 heterocycles. The molecule has 3 amide bonds. The van der Waals surface area contributed by atoms with Gasteiger partial charge < -0.3 is 15.0 Å². The van der Waals surface area contributed by atoms with Crippen LogP contribution in [0.3, 0.4) is 0 Å². The Morgan fingerprint density at radius 2 is 1.59 bits per heavy atom. The molecule has 2 bridgehead atoms. The molecule has 3 fully saturated rings. The maximum atomic E-state index is 14.1. The Labute approximate surface area is 293 Å². The fourth-order valence-electron chi connectivity index (χ4n) is 8.49. The Morgan fingerprint density at radius 3 is 2.33 bits per heavy atom. The second-order valence-electron chi connectivity index (χ2n) is 12.9. The fourth-order valence-corrected chi connectivity index (χ4v) is 11.4. The Kier molecular flexibility index (Phi) is 7.90. The van der Waals surface area contributed by atoms with Crippen molar-refractivity contribution in [1.82, 2.24) is 4.98 Å². The average molecular weight is 746 g/mol. The van der Waals surface area contributed by atoms with Gasteiger partial charge in [0.05, 0.1) is 33.7 Å². The first kappa shape index (κ1) is 33.6. The SMILES string of the molecule is O=C(COc1ccccc1[C@H]1c2sc(=O)[nH]c2SC2C1[C@H]1C[C@@H]2C2C(=O)N(c3ccccc3C(F)(F)F)C(=O)C21)Nc1cccc(C(F)(F)F)c1. The summed E-state index contributed by atoms with van der Waals surface area (Å²) in [5, 5.41) is 2.73. The number of ether oxygens (including phenoxy) is 1. The molecule has 2 aliphatic carbocycles. The molecule has 4 aliphatic rings. The first-order valence-corrected chi connectivity index (χ1v) is 17.5. The first-order valence-electron chi connectivity index (χ1n) is 15.8. The highest BCUT2D eigenvalue weighted by molar-refractivity contribution is 8.00. The number of aromatic amines is 1. The van der Waals surface area contributed by atoms with Crippen molar-refractivity contribution in [2.24, 2.45) is 29.6 Å². The van der Waals surface area contributed by atoms with Gasteiger partial charge in [0.1, 0.15) is 5.75 Å². The molecule has 51 heavy (non-hydrogen) atoms. The van der Waals surface area contributed by atoms with Crippen LogP contribution in [0, 0.1) is 29.6 Å². The highest BCUT2D eigenvalue weighted by Crippen LogP contribution is 2.69. The monoisotopic (exact) mass is 745 g/mol. The van der Waals surface area contributed by atoms with Gasteiger partial charge in [0.2, 0.25) is 11.8 Å². The number of halogens is 6. The lowest BCUT2D eigenvalue weighted by molar-refractivity contribution is -0.138. The number of para-hydroxylation sites is 2. The summed E-state index contributed by atoms with van der Waals surface area (Å²) in [7, 11) is 0. The predicted octanol–water partition coefficient (Wildman–Crippen LogP) is 7.17. The Bertz CT molecular complexity index is 2150. The number of carbonyl (C=O) groups excluding carboxylic acids is 3. The normalized spacial score (nSPS) is 26.5. The minimum Gasteiger partial charge on any atom is -0.483 e. The molecule has 2 N–H and O–H groups in total. The summed E-state index contributed by atoms with van der Waals surface area (Å²) in [6, 6.07) is 15.5. The number of thioether (sulfide) groups is 1. The smallest absolute Gasteiger partial charge is 0.418 e. The molecular formula is C35H25F6N3O5S2. The Balaban J connectivity index is 1.11. The lowest BCUT2D eigenvalue weighted by atomic mass is 9.68. The van der Waals surface area contributed by atoms with Crippen LogP contribution in [0.1, 0.15) is 33.9 Å². The van der Waals surface area contributed by atoms with Crippen LogP contribution in [0.25, 0.3) is 0 Å². The van der Waals surface area contributed by atoms with E-state index in [1.165, 1.54) is 36.0 Å². The van der Waals surface area contributed by atoms with E-state index >= 15 is 0 Å². The number of benzene rings is 3. The number of anilines is 2. The maximum Gasteiger partial charge on any atom is 0.418 e. The van der Waals surface area contributed by atoms with Crippen LogP contribution in [0.4, 0.5) is 37.7 Å². The summed E-state index contributed by atoms with van der Waals surface area (Å²) in [5.74, 6) is -5.10. The van der Waals surface area contributed by atoms with Gasteiger partial charge in [-0.25, -0.2) is 4.90 Å². The predicted molar refractivity (Wildman–Crippen MR) is 174 cm³/mol. The van der Waals surface area contributed by atoms with Crippen LogP contribution >= 0.6 is 23.1 Å². The molecule has 8 rings (SSSR count).